The number of aromatic nitrogens is 2. The molecule has 0 bridgehead atoms. The van der Waals surface area contributed by atoms with Gasteiger partial charge in [-0.05, 0) is 19.8 Å². The van der Waals surface area contributed by atoms with E-state index in [4.69, 9.17) is 4.42 Å². The average molecular weight is 347 g/mol. The number of hydrogen-bond acceptors (Lipinski definition) is 7. The standard InChI is InChI=1S/C13H21N3O4S2/c1-3-4-9(2)14-11(17)7-21-13-16-15-12(20-13)10-5-6-22(18,19)8-10/h9-10H,3-8H2,1-2H3,(H,14,17)/t9-,10+/m1/s1. The summed E-state index contributed by atoms with van der Waals surface area (Å²) in [5.41, 5.74) is 0. The van der Waals surface area contributed by atoms with E-state index in [2.05, 4.69) is 22.4 Å². The van der Waals surface area contributed by atoms with Gasteiger partial charge in [-0.15, -0.1) is 10.2 Å². The molecule has 1 N–H and O–H groups in total. The molecule has 7 nitrogen and oxygen atoms in total. The van der Waals surface area contributed by atoms with E-state index in [1.54, 1.807) is 0 Å². The van der Waals surface area contributed by atoms with Crippen molar-refractivity contribution in [3.8, 4) is 0 Å². The van der Waals surface area contributed by atoms with Gasteiger partial charge in [-0.3, -0.25) is 4.79 Å². The summed E-state index contributed by atoms with van der Waals surface area (Å²) in [7, 11) is -2.98. The van der Waals surface area contributed by atoms with E-state index in [0.29, 0.717) is 17.5 Å². The number of carbonyl (C=O) groups excluding carboxylic acids is 1. The van der Waals surface area contributed by atoms with Crippen LogP contribution in [0.4, 0.5) is 0 Å². The van der Waals surface area contributed by atoms with Crippen molar-refractivity contribution in [2.75, 3.05) is 17.3 Å². The van der Waals surface area contributed by atoms with Crippen LogP contribution < -0.4 is 5.32 Å². The molecule has 9 heteroatoms. The van der Waals surface area contributed by atoms with Crippen molar-refractivity contribution in [3.05, 3.63) is 5.89 Å². The van der Waals surface area contributed by atoms with Crippen molar-refractivity contribution in [1.29, 1.82) is 0 Å². The topological polar surface area (TPSA) is 102 Å². The fourth-order valence-corrected chi connectivity index (χ4v) is 4.70. The molecule has 22 heavy (non-hydrogen) atoms. The Balaban J connectivity index is 1.81. The van der Waals surface area contributed by atoms with Crippen LogP contribution in [0.2, 0.25) is 0 Å². The van der Waals surface area contributed by atoms with Crippen LogP contribution in [0.1, 0.15) is 44.9 Å². The fraction of sp³-hybridized carbons (Fsp3) is 0.769. The van der Waals surface area contributed by atoms with Gasteiger partial charge in [0.1, 0.15) is 0 Å². The Hall–Kier alpha value is -1.09. The molecular weight excluding hydrogens is 326 g/mol. The zero-order valence-electron chi connectivity index (χ0n) is 12.7. The molecule has 1 fully saturated rings. The lowest BCUT2D eigenvalue weighted by molar-refractivity contribution is -0.119. The fourth-order valence-electron chi connectivity index (χ4n) is 2.38. The molecule has 2 atom stereocenters. The molecule has 2 rings (SSSR count). The van der Waals surface area contributed by atoms with Crippen LogP contribution in [0.25, 0.3) is 0 Å². The maximum Gasteiger partial charge on any atom is 0.277 e. The van der Waals surface area contributed by atoms with Crippen LogP contribution >= 0.6 is 11.8 Å². The molecule has 124 valence electrons. The van der Waals surface area contributed by atoms with E-state index in [-0.39, 0.29) is 35.1 Å². The van der Waals surface area contributed by atoms with Gasteiger partial charge in [-0.1, -0.05) is 25.1 Å². The molecule has 1 amide bonds. The maximum atomic E-state index is 11.7. The van der Waals surface area contributed by atoms with Gasteiger partial charge >= 0.3 is 0 Å². The molecule has 1 aromatic rings. The average Bonchev–Trinajstić information content (AvgIpc) is 3.03. The number of thioether (sulfide) groups is 1. The van der Waals surface area contributed by atoms with Gasteiger partial charge in [0, 0.05) is 6.04 Å². The number of nitrogens with one attached hydrogen (secondary N) is 1. The molecule has 0 unspecified atom stereocenters. The predicted molar refractivity (Wildman–Crippen MR) is 83.5 cm³/mol. The van der Waals surface area contributed by atoms with Crippen LogP contribution in [0.15, 0.2) is 9.64 Å². The second-order valence-corrected chi connectivity index (χ2v) is 8.71. The van der Waals surface area contributed by atoms with Crippen LogP contribution in [-0.4, -0.2) is 47.8 Å². The molecule has 1 aliphatic rings. The predicted octanol–water partition coefficient (Wildman–Crippen LogP) is 1.37. The Morgan fingerprint density at radius 2 is 2.27 bits per heavy atom. The van der Waals surface area contributed by atoms with Gasteiger partial charge in [0.2, 0.25) is 11.8 Å². The second-order valence-electron chi connectivity index (χ2n) is 5.55. The highest BCUT2D eigenvalue weighted by atomic mass is 32.2. The number of rotatable bonds is 7. The van der Waals surface area contributed by atoms with Crippen LogP contribution in [0, 0.1) is 0 Å². The number of sulfone groups is 1. The normalized spacial score (nSPS) is 21.6. The van der Waals surface area contributed by atoms with Crippen molar-refractivity contribution in [2.24, 2.45) is 0 Å². The zero-order valence-corrected chi connectivity index (χ0v) is 14.4. The Morgan fingerprint density at radius 1 is 1.50 bits per heavy atom. The number of nitrogens with zero attached hydrogens (tertiary/aromatic N) is 2. The van der Waals surface area contributed by atoms with E-state index in [9.17, 15) is 13.2 Å². The van der Waals surface area contributed by atoms with Crippen molar-refractivity contribution < 1.29 is 17.6 Å². The Bertz CT molecular complexity index is 615. The minimum Gasteiger partial charge on any atom is -0.416 e. The lowest BCUT2D eigenvalue weighted by atomic mass is 10.1. The van der Waals surface area contributed by atoms with E-state index < -0.39 is 9.84 Å². The van der Waals surface area contributed by atoms with Crippen molar-refractivity contribution >= 4 is 27.5 Å². The molecule has 0 spiro atoms. The van der Waals surface area contributed by atoms with Crippen molar-refractivity contribution in [1.82, 2.24) is 15.5 Å². The lowest BCUT2D eigenvalue weighted by Gasteiger charge is -2.11. The third-order valence-electron chi connectivity index (χ3n) is 3.46. The Labute approximate surface area is 134 Å². The van der Waals surface area contributed by atoms with Gasteiger partial charge in [0.25, 0.3) is 5.22 Å². The number of carbonyl (C=O) groups is 1. The van der Waals surface area contributed by atoms with E-state index in [0.717, 1.165) is 12.8 Å². The minimum atomic E-state index is -2.98. The molecule has 2 heterocycles. The summed E-state index contributed by atoms with van der Waals surface area (Å²) in [5.74, 6) is 0.496. The number of hydrogen-bond donors (Lipinski definition) is 1. The molecule has 0 aliphatic carbocycles. The smallest absolute Gasteiger partial charge is 0.277 e. The first-order chi connectivity index (χ1) is 10.4. The zero-order chi connectivity index (χ0) is 16.2. The molecule has 0 aromatic carbocycles. The first kappa shape index (κ1) is 17.3. The van der Waals surface area contributed by atoms with Gasteiger partial charge in [0.15, 0.2) is 9.84 Å². The SMILES string of the molecule is CCC[C@@H](C)NC(=O)CSc1nnc([C@H]2CCS(=O)(=O)C2)o1. The first-order valence-corrected chi connectivity index (χ1v) is 10.2. The van der Waals surface area contributed by atoms with Crippen LogP contribution in [0.3, 0.4) is 0 Å². The summed E-state index contributed by atoms with van der Waals surface area (Å²) in [4.78, 5) is 11.7. The van der Waals surface area contributed by atoms with Gasteiger partial charge in [-0.2, -0.15) is 0 Å². The first-order valence-electron chi connectivity index (χ1n) is 7.35. The molecule has 1 aliphatic heterocycles. The van der Waals surface area contributed by atoms with E-state index in [1.165, 1.54) is 11.8 Å². The summed E-state index contributed by atoms with van der Waals surface area (Å²) in [6, 6.07) is 0.153. The number of amides is 1. The summed E-state index contributed by atoms with van der Waals surface area (Å²) in [5, 5.41) is 11.0. The monoisotopic (exact) mass is 347 g/mol. The quantitative estimate of drug-likeness (QED) is 0.743. The van der Waals surface area contributed by atoms with Crippen LogP contribution in [0.5, 0.6) is 0 Å². The van der Waals surface area contributed by atoms with E-state index >= 15 is 0 Å². The third kappa shape index (κ3) is 4.98. The molecule has 0 radical (unpaired) electrons. The Morgan fingerprint density at radius 3 is 2.91 bits per heavy atom. The summed E-state index contributed by atoms with van der Waals surface area (Å²) in [6.07, 6.45) is 2.48. The van der Waals surface area contributed by atoms with Crippen molar-refractivity contribution in [3.63, 3.8) is 0 Å². The lowest BCUT2D eigenvalue weighted by Crippen LogP contribution is -2.33. The van der Waals surface area contributed by atoms with Crippen molar-refractivity contribution in [2.45, 2.75) is 50.3 Å². The molecule has 1 saturated heterocycles. The summed E-state index contributed by atoms with van der Waals surface area (Å²) in [6.45, 7) is 4.04. The highest BCUT2D eigenvalue weighted by molar-refractivity contribution is 7.99. The molecule has 1 aromatic heterocycles. The second kappa shape index (κ2) is 7.45. The molecular formula is C13H21N3O4S2. The van der Waals surface area contributed by atoms with Gasteiger partial charge in [-0.25, -0.2) is 8.42 Å². The summed E-state index contributed by atoms with van der Waals surface area (Å²) >= 11 is 1.17. The van der Waals surface area contributed by atoms with Crippen LogP contribution in [-0.2, 0) is 14.6 Å². The van der Waals surface area contributed by atoms with Gasteiger partial charge < -0.3 is 9.73 Å². The maximum absolute atomic E-state index is 11.7. The third-order valence-corrected chi connectivity index (χ3v) is 6.05. The van der Waals surface area contributed by atoms with Gasteiger partial charge in [0.05, 0.1) is 23.2 Å². The Kier molecular flexibility index (Phi) is 5.85. The minimum absolute atomic E-state index is 0.0638. The molecule has 0 saturated carbocycles. The largest absolute Gasteiger partial charge is 0.416 e. The highest BCUT2D eigenvalue weighted by Crippen LogP contribution is 2.29. The summed E-state index contributed by atoms with van der Waals surface area (Å²) < 4.78 is 28.3. The van der Waals surface area contributed by atoms with E-state index in [1.807, 2.05) is 6.92 Å². The highest BCUT2D eigenvalue weighted by Gasteiger charge is 2.32.